The molecule has 0 saturated heterocycles. The molecule has 0 aliphatic heterocycles. The number of benzene rings is 1. The minimum absolute atomic E-state index is 0. The molecule has 0 bridgehead atoms. The Balaban J connectivity index is 0. The van der Waals surface area contributed by atoms with Crippen molar-refractivity contribution in [1.82, 2.24) is 0 Å². The van der Waals surface area contributed by atoms with Crippen LogP contribution in [0, 0.1) is 6.92 Å². The van der Waals surface area contributed by atoms with Gasteiger partial charge in [-0.1, -0.05) is 43.7 Å². The summed E-state index contributed by atoms with van der Waals surface area (Å²) >= 11 is 0. The molecule has 17 heavy (non-hydrogen) atoms. The molecule has 0 aliphatic carbocycles. The van der Waals surface area contributed by atoms with Crippen molar-refractivity contribution in [3.05, 3.63) is 42.8 Å². The van der Waals surface area contributed by atoms with Crippen LogP contribution in [0.5, 0.6) is 0 Å². The van der Waals surface area contributed by atoms with Crippen molar-refractivity contribution in [2.24, 2.45) is 0 Å². The van der Waals surface area contributed by atoms with E-state index in [0.29, 0.717) is 6.10 Å². The average molecular weight is 351 g/mol. The third-order valence-electron chi connectivity index (χ3n) is 2.56. The van der Waals surface area contributed by atoms with Gasteiger partial charge in [-0.15, -0.1) is 0 Å². The maximum atomic E-state index is 5.85. The Labute approximate surface area is 129 Å². The maximum absolute atomic E-state index is 5.85. The van der Waals surface area contributed by atoms with Gasteiger partial charge in [-0.05, 0) is 18.4 Å². The van der Waals surface area contributed by atoms with Gasteiger partial charge in [-0.25, -0.2) is 0 Å². The molecule has 1 aromatic rings. The molecule has 1 aromatic carbocycles. The van der Waals surface area contributed by atoms with Gasteiger partial charge in [-0.3, -0.25) is 0 Å². The largest absolute Gasteiger partial charge is 2.00 e. The van der Waals surface area contributed by atoms with Gasteiger partial charge in [0.05, 0.1) is 12.7 Å². The molecule has 1 nitrogen and oxygen atoms in total. The Bertz CT molecular complexity index is 254. The summed E-state index contributed by atoms with van der Waals surface area (Å²) in [5, 5.41) is 0. The van der Waals surface area contributed by atoms with E-state index in [1.165, 1.54) is 5.56 Å². The van der Waals surface area contributed by atoms with Gasteiger partial charge < -0.3 is 28.6 Å². The second kappa shape index (κ2) is 12.7. The van der Waals surface area contributed by atoms with E-state index in [-0.39, 0.29) is 36.5 Å². The van der Waals surface area contributed by atoms with Crippen LogP contribution in [0.25, 0.3) is 0 Å². The number of hydrogen-bond donors (Lipinski definition) is 0. The monoisotopic (exact) mass is 348 g/mol. The number of rotatable bonds is 7. The summed E-state index contributed by atoms with van der Waals surface area (Å²) in [7, 11) is 0. The van der Waals surface area contributed by atoms with Crippen molar-refractivity contribution in [3.8, 4) is 0 Å². The molecule has 92 valence electrons. The van der Waals surface area contributed by atoms with Crippen molar-refractivity contribution in [2.75, 3.05) is 0 Å². The van der Waals surface area contributed by atoms with Crippen molar-refractivity contribution in [2.45, 2.75) is 45.3 Å². The quantitative estimate of drug-likeness (QED) is 0.526. The van der Waals surface area contributed by atoms with E-state index in [2.05, 4.69) is 38.1 Å². The molecular weight excluding hydrogens is 329 g/mol. The van der Waals surface area contributed by atoms with Crippen LogP contribution in [0.1, 0.15) is 38.2 Å². The van der Waals surface area contributed by atoms with E-state index in [0.717, 1.165) is 32.3 Å². The molecule has 1 atom stereocenters. The van der Waals surface area contributed by atoms with Crippen molar-refractivity contribution in [1.29, 1.82) is 0 Å². The molecular formula is C14H21BrOZn. The Morgan fingerprint density at radius 2 is 1.88 bits per heavy atom. The van der Waals surface area contributed by atoms with Gasteiger partial charge in [-0.2, -0.15) is 6.42 Å². The van der Waals surface area contributed by atoms with Crippen molar-refractivity contribution >= 4 is 0 Å². The Morgan fingerprint density at radius 1 is 1.24 bits per heavy atom. The fraction of sp³-hybridized carbons (Fsp3) is 0.500. The molecule has 0 aromatic heterocycles. The third-order valence-corrected chi connectivity index (χ3v) is 2.56. The SMILES string of the molecule is [Br-].[CH2-]CCCC(CC)OCc1ccccc1.[Zn+2]. The van der Waals surface area contributed by atoms with E-state index in [9.17, 15) is 0 Å². The van der Waals surface area contributed by atoms with Crippen LogP contribution in [0.3, 0.4) is 0 Å². The smallest absolute Gasteiger partial charge is 1.00 e. The Kier molecular flexibility index (Phi) is 14.7. The molecule has 0 N–H and O–H groups in total. The summed E-state index contributed by atoms with van der Waals surface area (Å²) in [6.45, 7) is 6.77. The van der Waals surface area contributed by atoms with Gasteiger partial charge in [0.25, 0.3) is 0 Å². The topological polar surface area (TPSA) is 9.23 Å². The van der Waals surface area contributed by atoms with Crippen molar-refractivity contribution in [3.63, 3.8) is 0 Å². The van der Waals surface area contributed by atoms with Crippen LogP contribution in [0.2, 0.25) is 0 Å². The number of hydrogen-bond acceptors (Lipinski definition) is 1. The molecule has 0 heterocycles. The number of halogens is 1. The number of unbranched alkanes of at least 4 members (excludes halogenated alkanes) is 1. The maximum Gasteiger partial charge on any atom is 2.00 e. The molecule has 0 radical (unpaired) electrons. The number of ether oxygens (including phenoxy) is 1. The molecule has 0 spiro atoms. The van der Waals surface area contributed by atoms with Crippen LogP contribution >= 0.6 is 0 Å². The van der Waals surface area contributed by atoms with Crippen LogP contribution in [-0.4, -0.2) is 6.10 Å². The standard InChI is InChI=1S/C14H21O.BrH.Zn/c1-3-5-11-14(4-2)15-12-13-9-7-6-8-10-13;;/h6-10,14H,1,3-5,11-12H2,2H3;1H;/q-1;;+2/p-1. The first kappa shape index (κ1) is 19.6. The van der Waals surface area contributed by atoms with Gasteiger partial charge in [0.15, 0.2) is 0 Å². The summed E-state index contributed by atoms with van der Waals surface area (Å²) in [6, 6.07) is 10.3. The summed E-state index contributed by atoms with van der Waals surface area (Å²) < 4.78 is 5.85. The van der Waals surface area contributed by atoms with Gasteiger partial charge in [0.1, 0.15) is 0 Å². The van der Waals surface area contributed by atoms with Gasteiger partial charge >= 0.3 is 19.5 Å². The first-order valence-corrected chi connectivity index (χ1v) is 5.81. The zero-order chi connectivity index (χ0) is 10.9. The summed E-state index contributed by atoms with van der Waals surface area (Å²) in [4.78, 5) is 0. The minimum atomic E-state index is 0. The Hall–Kier alpha value is 0.283. The van der Waals surface area contributed by atoms with Gasteiger partial charge in [0.2, 0.25) is 0 Å². The Morgan fingerprint density at radius 3 is 2.41 bits per heavy atom. The van der Waals surface area contributed by atoms with E-state index >= 15 is 0 Å². The average Bonchev–Trinajstić information content (AvgIpc) is 2.31. The van der Waals surface area contributed by atoms with Crippen LogP contribution < -0.4 is 17.0 Å². The van der Waals surface area contributed by atoms with E-state index < -0.39 is 0 Å². The molecule has 1 unspecified atom stereocenters. The van der Waals surface area contributed by atoms with Crippen LogP contribution in [0.4, 0.5) is 0 Å². The molecule has 3 heteroatoms. The molecule has 0 aliphatic rings. The third kappa shape index (κ3) is 8.93. The molecule has 0 amide bonds. The van der Waals surface area contributed by atoms with E-state index in [1.54, 1.807) is 0 Å². The molecule has 0 saturated carbocycles. The first-order chi connectivity index (χ1) is 7.36. The normalized spacial score (nSPS) is 11.2. The van der Waals surface area contributed by atoms with E-state index in [1.807, 2.05) is 6.07 Å². The predicted octanol–water partition coefficient (Wildman–Crippen LogP) is 0.988. The first-order valence-electron chi connectivity index (χ1n) is 5.81. The fourth-order valence-electron chi connectivity index (χ4n) is 1.57. The second-order valence-corrected chi connectivity index (χ2v) is 3.82. The summed E-state index contributed by atoms with van der Waals surface area (Å²) in [6.07, 6.45) is 4.78. The second-order valence-electron chi connectivity index (χ2n) is 3.82. The molecule has 0 fully saturated rings. The fourth-order valence-corrected chi connectivity index (χ4v) is 1.57. The minimum Gasteiger partial charge on any atom is -1.00 e. The van der Waals surface area contributed by atoms with Crippen LogP contribution in [-0.2, 0) is 30.8 Å². The summed E-state index contributed by atoms with van der Waals surface area (Å²) in [5.41, 5.74) is 1.26. The van der Waals surface area contributed by atoms with E-state index in [4.69, 9.17) is 4.74 Å². The summed E-state index contributed by atoms with van der Waals surface area (Å²) in [5.74, 6) is 0. The van der Waals surface area contributed by atoms with Crippen LogP contribution in [0.15, 0.2) is 30.3 Å². The zero-order valence-electron chi connectivity index (χ0n) is 10.7. The zero-order valence-corrected chi connectivity index (χ0v) is 15.3. The predicted molar refractivity (Wildman–Crippen MR) is 64.5 cm³/mol. The van der Waals surface area contributed by atoms with Gasteiger partial charge in [0, 0.05) is 0 Å². The molecule has 1 rings (SSSR count). The van der Waals surface area contributed by atoms with Crippen molar-refractivity contribution < 1.29 is 41.2 Å².